The third kappa shape index (κ3) is 3.91. The molecule has 0 aliphatic carbocycles. The summed E-state index contributed by atoms with van der Waals surface area (Å²) in [6.45, 7) is 4.59. The van der Waals surface area contributed by atoms with Crippen molar-refractivity contribution in [2.45, 2.75) is 20.3 Å². The first-order valence-corrected chi connectivity index (χ1v) is 6.13. The van der Waals surface area contributed by atoms with E-state index >= 15 is 0 Å². The highest BCUT2D eigenvalue weighted by molar-refractivity contribution is 5.87. The summed E-state index contributed by atoms with van der Waals surface area (Å²) in [7, 11) is 3.40. The van der Waals surface area contributed by atoms with E-state index in [9.17, 15) is 4.79 Å². The van der Waals surface area contributed by atoms with Gasteiger partial charge in [0.15, 0.2) is 0 Å². The van der Waals surface area contributed by atoms with E-state index < -0.39 is 0 Å². The number of carbonyl (C=O) groups is 1. The Morgan fingerprint density at radius 3 is 2.44 bits per heavy atom. The molecule has 98 valence electrons. The van der Waals surface area contributed by atoms with Gasteiger partial charge in [-0.3, -0.25) is 0 Å². The molecule has 0 aromatic heterocycles. The zero-order valence-electron chi connectivity index (χ0n) is 11.6. The SMILES string of the molecule is CCc1ccc(N(C)CC=C(C)C(=O)OC)cc1. The van der Waals surface area contributed by atoms with Crippen LogP contribution >= 0.6 is 0 Å². The molecule has 0 bridgehead atoms. The number of rotatable bonds is 5. The van der Waals surface area contributed by atoms with Gasteiger partial charge in [0.05, 0.1) is 7.11 Å². The molecule has 1 rings (SSSR count). The number of esters is 1. The Morgan fingerprint density at radius 1 is 1.33 bits per heavy atom. The van der Waals surface area contributed by atoms with Crippen molar-refractivity contribution in [2.24, 2.45) is 0 Å². The van der Waals surface area contributed by atoms with Crippen LogP contribution in [0.5, 0.6) is 0 Å². The number of ether oxygens (including phenoxy) is 1. The van der Waals surface area contributed by atoms with Crippen molar-refractivity contribution in [3.63, 3.8) is 0 Å². The number of nitrogens with zero attached hydrogens (tertiary/aromatic N) is 1. The maximum Gasteiger partial charge on any atom is 0.333 e. The van der Waals surface area contributed by atoms with E-state index in [0.29, 0.717) is 12.1 Å². The van der Waals surface area contributed by atoms with Gasteiger partial charge in [-0.05, 0) is 31.0 Å². The molecule has 0 aliphatic heterocycles. The summed E-state index contributed by atoms with van der Waals surface area (Å²) in [5.41, 5.74) is 3.10. The van der Waals surface area contributed by atoms with Gasteiger partial charge >= 0.3 is 5.97 Å². The number of methoxy groups -OCH3 is 1. The van der Waals surface area contributed by atoms with E-state index in [4.69, 9.17) is 0 Å². The topological polar surface area (TPSA) is 29.5 Å². The normalized spacial score (nSPS) is 11.2. The van der Waals surface area contributed by atoms with Crippen molar-refractivity contribution < 1.29 is 9.53 Å². The molecule has 1 aromatic carbocycles. The molecule has 0 saturated carbocycles. The van der Waals surface area contributed by atoms with E-state index in [2.05, 4.69) is 40.8 Å². The predicted octanol–water partition coefficient (Wildman–Crippen LogP) is 2.80. The molecule has 0 heterocycles. The maximum absolute atomic E-state index is 11.2. The van der Waals surface area contributed by atoms with Gasteiger partial charge in [-0.1, -0.05) is 25.1 Å². The van der Waals surface area contributed by atoms with Crippen LogP contribution in [0.2, 0.25) is 0 Å². The Balaban J connectivity index is 2.64. The Labute approximate surface area is 109 Å². The molecule has 0 unspecified atom stereocenters. The minimum Gasteiger partial charge on any atom is -0.466 e. The van der Waals surface area contributed by atoms with Gasteiger partial charge in [-0.15, -0.1) is 0 Å². The van der Waals surface area contributed by atoms with Gasteiger partial charge in [0.2, 0.25) is 0 Å². The second kappa shape index (κ2) is 6.84. The molecule has 0 fully saturated rings. The molecule has 0 aliphatic rings. The highest BCUT2D eigenvalue weighted by Gasteiger charge is 2.04. The minimum absolute atomic E-state index is 0.273. The summed E-state index contributed by atoms with van der Waals surface area (Å²) in [5.74, 6) is -0.273. The largest absolute Gasteiger partial charge is 0.466 e. The van der Waals surface area contributed by atoms with Crippen LogP contribution in [-0.4, -0.2) is 26.7 Å². The first-order chi connectivity index (χ1) is 8.58. The molecule has 0 N–H and O–H groups in total. The van der Waals surface area contributed by atoms with Crippen molar-refractivity contribution in [2.75, 3.05) is 25.6 Å². The van der Waals surface area contributed by atoms with Crippen LogP contribution in [0.1, 0.15) is 19.4 Å². The smallest absolute Gasteiger partial charge is 0.333 e. The Kier molecular flexibility index (Phi) is 5.43. The van der Waals surface area contributed by atoms with Crippen LogP contribution in [0.25, 0.3) is 0 Å². The molecule has 3 heteroatoms. The Morgan fingerprint density at radius 2 is 1.94 bits per heavy atom. The van der Waals surface area contributed by atoms with Gasteiger partial charge in [0.1, 0.15) is 0 Å². The molecular formula is C15H21NO2. The number of carbonyl (C=O) groups excluding carboxylic acids is 1. The standard InChI is InChI=1S/C15H21NO2/c1-5-13-6-8-14(9-7-13)16(3)11-10-12(2)15(17)18-4/h6-10H,5,11H2,1-4H3. The lowest BCUT2D eigenvalue weighted by molar-refractivity contribution is -0.136. The van der Waals surface area contributed by atoms with Crippen molar-refractivity contribution in [3.8, 4) is 0 Å². The lowest BCUT2D eigenvalue weighted by atomic mass is 10.1. The molecule has 0 saturated heterocycles. The summed E-state index contributed by atoms with van der Waals surface area (Å²) >= 11 is 0. The van der Waals surface area contributed by atoms with Crippen LogP contribution in [-0.2, 0) is 16.0 Å². The summed E-state index contributed by atoms with van der Waals surface area (Å²) in [6.07, 6.45) is 2.92. The molecule has 0 amide bonds. The molecule has 1 aromatic rings. The first-order valence-electron chi connectivity index (χ1n) is 6.13. The van der Waals surface area contributed by atoms with E-state index in [1.807, 2.05) is 13.1 Å². The summed E-state index contributed by atoms with van der Waals surface area (Å²) in [5, 5.41) is 0. The van der Waals surface area contributed by atoms with Gasteiger partial charge in [-0.25, -0.2) is 4.79 Å². The average molecular weight is 247 g/mol. The van der Waals surface area contributed by atoms with Crippen molar-refractivity contribution in [1.82, 2.24) is 0 Å². The van der Waals surface area contributed by atoms with Gasteiger partial charge in [0.25, 0.3) is 0 Å². The number of likely N-dealkylation sites (N-methyl/N-ethyl adjacent to an activating group) is 1. The van der Waals surface area contributed by atoms with E-state index in [0.717, 1.165) is 12.1 Å². The van der Waals surface area contributed by atoms with Crippen molar-refractivity contribution in [1.29, 1.82) is 0 Å². The third-order valence-corrected chi connectivity index (χ3v) is 2.96. The molecule has 18 heavy (non-hydrogen) atoms. The van der Waals surface area contributed by atoms with E-state index in [1.54, 1.807) is 6.92 Å². The van der Waals surface area contributed by atoms with Crippen LogP contribution in [0.15, 0.2) is 35.9 Å². The van der Waals surface area contributed by atoms with Crippen LogP contribution in [0.3, 0.4) is 0 Å². The Hall–Kier alpha value is -1.77. The number of hydrogen-bond acceptors (Lipinski definition) is 3. The van der Waals surface area contributed by atoms with E-state index in [-0.39, 0.29) is 5.97 Å². The minimum atomic E-state index is -0.273. The van der Waals surface area contributed by atoms with Gasteiger partial charge < -0.3 is 9.64 Å². The highest BCUT2D eigenvalue weighted by atomic mass is 16.5. The number of anilines is 1. The predicted molar refractivity (Wildman–Crippen MR) is 74.9 cm³/mol. The average Bonchev–Trinajstić information content (AvgIpc) is 2.43. The summed E-state index contributed by atoms with van der Waals surface area (Å²) in [4.78, 5) is 13.3. The number of hydrogen-bond donors (Lipinski definition) is 0. The maximum atomic E-state index is 11.2. The molecule has 0 radical (unpaired) electrons. The highest BCUT2D eigenvalue weighted by Crippen LogP contribution is 2.14. The van der Waals surface area contributed by atoms with Crippen LogP contribution in [0, 0.1) is 0 Å². The quantitative estimate of drug-likeness (QED) is 0.592. The number of benzene rings is 1. The monoisotopic (exact) mass is 247 g/mol. The lowest BCUT2D eigenvalue weighted by Crippen LogP contribution is -2.17. The lowest BCUT2D eigenvalue weighted by Gasteiger charge is -2.17. The molecule has 0 spiro atoms. The van der Waals surface area contributed by atoms with Crippen molar-refractivity contribution >= 4 is 11.7 Å². The van der Waals surface area contributed by atoms with Crippen molar-refractivity contribution in [3.05, 3.63) is 41.5 Å². The fourth-order valence-electron chi connectivity index (χ4n) is 1.61. The van der Waals surface area contributed by atoms with Crippen LogP contribution in [0.4, 0.5) is 5.69 Å². The van der Waals surface area contributed by atoms with E-state index in [1.165, 1.54) is 12.7 Å². The second-order valence-electron chi connectivity index (χ2n) is 4.28. The molecular weight excluding hydrogens is 226 g/mol. The fraction of sp³-hybridized carbons (Fsp3) is 0.400. The first kappa shape index (κ1) is 14.3. The zero-order chi connectivity index (χ0) is 13.5. The number of aryl methyl sites for hydroxylation is 1. The summed E-state index contributed by atoms with van der Waals surface area (Å²) < 4.78 is 4.65. The third-order valence-electron chi connectivity index (χ3n) is 2.96. The second-order valence-corrected chi connectivity index (χ2v) is 4.28. The zero-order valence-corrected chi connectivity index (χ0v) is 11.6. The summed E-state index contributed by atoms with van der Waals surface area (Å²) in [6, 6.07) is 8.45. The van der Waals surface area contributed by atoms with Gasteiger partial charge in [-0.2, -0.15) is 0 Å². The van der Waals surface area contributed by atoms with Gasteiger partial charge in [0, 0.05) is 24.9 Å². The Bertz CT molecular complexity index is 421. The molecule has 0 atom stereocenters. The fourth-order valence-corrected chi connectivity index (χ4v) is 1.61. The molecule has 3 nitrogen and oxygen atoms in total. The van der Waals surface area contributed by atoms with Crippen LogP contribution < -0.4 is 4.90 Å².